The van der Waals surface area contributed by atoms with Gasteiger partial charge in [-0.25, -0.2) is 0 Å². The molecule has 1 heterocycles. The Kier molecular flexibility index (Phi) is 5.92. The van der Waals surface area contributed by atoms with Crippen LogP contribution in [0, 0.1) is 17.3 Å². The third-order valence-corrected chi connectivity index (χ3v) is 5.34. The molecule has 0 aromatic rings. The summed E-state index contributed by atoms with van der Waals surface area (Å²) in [4.78, 5) is 2.85. The van der Waals surface area contributed by atoms with Crippen LogP contribution in [0.15, 0.2) is 0 Å². The molecule has 1 saturated heterocycles. The molecule has 1 saturated carbocycles. The first-order valence-electron chi connectivity index (χ1n) is 8.95. The van der Waals surface area contributed by atoms with Gasteiger partial charge in [0.2, 0.25) is 0 Å². The zero-order valence-corrected chi connectivity index (χ0v) is 14.3. The Morgan fingerprint density at radius 3 is 2.45 bits per heavy atom. The van der Waals surface area contributed by atoms with Gasteiger partial charge in [0.15, 0.2) is 0 Å². The largest absolute Gasteiger partial charge is 0.317 e. The van der Waals surface area contributed by atoms with Gasteiger partial charge in [0.05, 0.1) is 0 Å². The molecule has 2 aliphatic rings. The van der Waals surface area contributed by atoms with E-state index in [1.54, 1.807) is 0 Å². The lowest BCUT2D eigenvalue weighted by Crippen LogP contribution is -2.46. The highest BCUT2D eigenvalue weighted by atomic mass is 15.2. The van der Waals surface area contributed by atoms with Crippen molar-refractivity contribution < 1.29 is 0 Å². The van der Waals surface area contributed by atoms with Gasteiger partial charge in [0.1, 0.15) is 0 Å². The van der Waals surface area contributed by atoms with Crippen molar-refractivity contribution >= 4 is 0 Å². The molecule has 1 aliphatic heterocycles. The molecule has 2 nitrogen and oxygen atoms in total. The summed E-state index contributed by atoms with van der Waals surface area (Å²) in [6.45, 7) is 14.9. The molecule has 2 rings (SSSR count). The molecule has 118 valence electrons. The van der Waals surface area contributed by atoms with E-state index in [1.165, 1.54) is 64.7 Å². The Hall–Kier alpha value is -0.0800. The lowest BCUT2D eigenvalue weighted by molar-refractivity contribution is 0.0529. The molecule has 1 N–H and O–H groups in total. The summed E-state index contributed by atoms with van der Waals surface area (Å²) in [5.74, 6) is 1.83. The van der Waals surface area contributed by atoms with Crippen LogP contribution in [0.5, 0.6) is 0 Å². The van der Waals surface area contributed by atoms with Crippen molar-refractivity contribution in [1.82, 2.24) is 10.2 Å². The quantitative estimate of drug-likeness (QED) is 0.821. The van der Waals surface area contributed by atoms with Crippen LogP contribution in [0.4, 0.5) is 0 Å². The van der Waals surface area contributed by atoms with Gasteiger partial charge in [0.25, 0.3) is 0 Å². The molecule has 2 fully saturated rings. The number of hydrogen-bond acceptors (Lipinski definition) is 2. The second-order valence-corrected chi connectivity index (χ2v) is 8.26. The summed E-state index contributed by atoms with van der Waals surface area (Å²) in [6.07, 6.45) is 8.31. The van der Waals surface area contributed by atoms with E-state index < -0.39 is 0 Å². The molecular weight excluding hydrogens is 244 g/mol. The smallest absolute Gasteiger partial charge is 0.0103 e. The predicted molar refractivity (Wildman–Crippen MR) is 88.0 cm³/mol. The molecule has 0 radical (unpaired) electrons. The first-order valence-corrected chi connectivity index (χ1v) is 8.95. The SMILES string of the molecule is CCCN(CC1CCNCC1)C1CC(C)CC(C)(C)C1. The molecule has 0 aromatic carbocycles. The summed E-state index contributed by atoms with van der Waals surface area (Å²) in [7, 11) is 0. The second kappa shape index (κ2) is 7.26. The average Bonchev–Trinajstić information content (AvgIpc) is 2.37. The Bertz CT molecular complexity index is 281. The number of nitrogens with one attached hydrogen (secondary N) is 1. The van der Waals surface area contributed by atoms with E-state index >= 15 is 0 Å². The minimum atomic E-state index is 0.544. The molecule has 2 unspecified atom stereocenters. The predicted octanol–water partition coefficient (Wildman–Crippen LogP) is 3.91. The van der Waals surface area contributed by atoms with E-state index in [0.717, 1.165) is 17.9 Å². The maximum atomic E-state index is 3.50. The average molecular weight is 280 g/mol. The number of piperidine rings is 1. The molecule has 20 heavy (non-hydrogen) atoms. The molecule has 0 spiro atoms. The fraction of sp³-hybridized carbons (Fsp3) is 1.00. The highest BCUT2D eigenvalue weighted by Crippen LogP contribution is 2.40. The number of rotatable bonds is 5. The third kappa shape index (κ3) is 4.73. The standard InChI is InChI=1S/C18H36N2/c1-5-10-20(14-16-6-8-19-9-7-16)17-11-15(2)12-18(3,4)13-17/h15-17,19H,5-14H2,1-4H3. The van der Waals surface area contributed by atoms with E-state index in [2.05, 4.69) is 37.9 Å². The van der Waals surface area contributed by atoms with Crippen LogP contribution in [0.25, 0.3) is 0 Å². The Morgan fingerprint density at radius 1 is 1.15 bits per heavy atom. The first kappa shape index (κ1) is 16.3. The summed E-state index contributed by atoms with van der Waals surface area (Å²) in [5.41, 5.74) is 0.544. The van der Waals surface area contributed by atoms with Crippen LogP contribution in [0.3, 0.4) is 0 Å². The van der Waals surface area contributed by atoms with Gasteiger partial charge in [-0.05, 0) is 75.4 Å². The van der Waals surface area contributed by atoms with Crippen molar-refractivity contribution in [3.05, 3.63) is 0 Å². The fourth-order valence-corrected chi connectivity index (χ4v) is 4.68. The van der Waals surface area contributed by atoms with E-state index in [1.807, 2.05) is 0 Å². The van der Waals surface area contributed by atoms with Gasteiger partial charge in [-0.3, -0.25) is 0 Å². The van der Waals surface area contributed by atoms with Crippen LogP contribution in [-0.2, 0) is 0 Å². The van der Waals surface area contributed by atoms with Crippen molar-refractivity contribution in [3.8, 4) is 0 Å². The Balaban J connectivity index is 1.95. The molecule has 0 aromatic heterocycles. The molecule has 2 heteroatoms. The van der Waals surface area contributed by atoms with Crippen molar-refractivity contribution in [2.45, 2.75) is 72.3 Å². The van der Waals surface area contributed by atoms with Crippen LogP contribution in [0.2, 0.25) is 0 Å². The summed E-state index contributed by atoms with van der Waals surface area (Å²) in [6, 6.07) is 0.837. The molecule has 0 amide bonds. The van der Waals surface area contributed by atoms with Crippen molar-refractivity contribution in [3.63, 3.8) is 0 Å². The molecule has 1 aliphatic carbocycles. The van der Waals surface area contributed by atoms with Crippen molar-refractivity contribution in [2.24, 2.45) is 17.3 Å². The fourth-order valence-electron chi connectivity index (χ4n) is 4.68. The Labute approximate surface area is 126 Å². The van der Waals surface area contributed by atoms with Gasteiger partial charge < -0.3 is 10.2 Å². The van der Waals surface area contributed by atoms with Gasteiger partial charge >= 0.3 is 0 Å². The number of hydrogen-bond donors (Lipinski definition) is 1. The summed E-state index contributed by atoms with van der Waals surface area (Å²) in [5, 5.41) is 3.50. The second-order valence-electron chi connectivity index (χ2n) is 8.26. The summed E-state index contributed by atoms with van der Waals surface area (Å²) >= 11 is 0. The minimum absolute atomic E-state index is 0.544. The van der Waals surface area contributed by atoms with Crippen molar-refractivity contribution in [1.29, 1.82) is 0 Å². The van der Waals surface area contributed by atoms with Crippen molar-refractivity contribution in [2.75, 3.05) is 26.2 Å². The molecule has 0 bridgehead atoms. The topological polar surface area (TPSA) is 15.3 Å². The zero-order valence-electron chi connectivity index (χ0n) is 14.3. The van der Waals surface area contributed by atoms with Crippen LogP contribution >= 0.6 is 0 Å². The van der Waals surface area contributed by atoms with Crippen LogP contribution < -0.4 is 5.32 Å². The Morgan fingerprint density at radius 2 is 1.85 bits per heavy atom. The maximum absolute atomic E-state index is 3.50. The zero-order chi connectivity index (χ0) is 14.6. The van der Waals surface area contributed by atoms with E-state index in [0.29, 0.717) is 5.41 Å². The van der Waals surface area contributed by atoms with Gasteiger partial charge in [-0.2, -0.15) is 0 Å². The highest BCUT2D eigenvalue weighted by molar-refractivity contribution is 4.89. The highest BCUT2D eigenvalue weighted by Gasteiger charge is 2.35. The van der Waals surface area contributed by atoms with Gasteiger partial charge in [0, 0.05) is 12.6 Å². The van der Waals surface area contributed by atoms with Gasteiger partial charge in [-0.15, -0.1) is 0 Å². The maximum Gasteiger partial charge on any atom is 0.0103 e. The summed E-state index contributed by atoms with van der Waals surface area (Å²) < 4.78 is 0. The lowest BCUT2D eigenvalue weighted by Gasteiger charge is -2.45. The normalized spacial score (nSPS) is 31.6. The molecule has 2 atom stereocenters. The minimum Gasteiger partial charge on any atom is -0.317 e. The third-order valence-electron chi connectivity index (χ3n) is 5.34. The van der Waals surface area contributed by atoms with Gasteiger partial charge in [-0.1, -0.05) is 27.7 Å². The van der Waals surface area contributed by atoms with E-state index in [-0.39, 0.29) is 0 Å². The molecular formula is C18H36N2. The first-order chi connectivity index (χ1) is 9.50. The van der Waals surface area contributed by atoms with E-state index in [9.17, 15) is 0 Å². The lowest BCUT2D eigenvalue weighted by atomic mass is 9.70. The van der Waals surface area contributed by atoms with Crippen LogP contribution in [0.1, 0.15) is 66.2 Å². The number of nitrogens with zero attached hydrogens (tertiary/aromatic N) is 1. The van der Waals surface area contributed by atoms with E-state index in [4.69, 9.17) is 0 Å². The van der Waals surface area contributed by atoms with Crippen LogP contribution in [-0.4, -0.2) is 37.1 Å². The monoisotopic (exact) mass is 280 g/mol.